The standard InChI is InChI=1S/C26H26F4N4O4/c1-15(2)38-21-9-19(27)8-20(10-21)34-22(11-23(33-34)32-25(36)18-7-24(35)31-12-18)17-5-3-4-16(6-17)13-37-14-26(28,29)30/h3-6,8-11,15,18H,7,12-14H2,1-2H3,(H,31,35)(H,32,33,36)/t18-/m0/s1. The molecule has 1 atom stereocenters. The van der Waals surface area contributed by atoms with Crippen molar-refractivity contribution in [2.45, 2.75) is 39.2 Å². The number of halogens is 4. The van der Waals surface area contributed by atoms with Gasteiger partial charge in [-0.05, 0) is 31.5 Å². The molecule has 1 aliphatic heterocycles. The highest BCUT2D eigenvalue weighted by molar-refractivity contribution is 5.97. The molecule has 0 unspecified atom stereocenters. The number of nitrogens with zero attached hydrogens (tertiary/aromatic N) is 2. The van der Waals surface area contributed by atoms with Gasteiger partial charge in [0.25, 0.3) is 0 Å². The van der Waals surface area contributed by atoms with Crippen LogP contribution >= 0.6 is 0 Å². The van der Waals surface area contributed by atoms with Crippen LogP contribution in [0.5, 0.6) is 5.75 Å². The average Bonchev–Trinajstić information content (AvgIpc) is 3.44. The summed E-state index contributed by atoms with van der Waals surface area (Å²) in [7, 11) is 0. The largest absolute Gasteiger partial charge is 0.491 e. The second-order valence-electron chi connectivity index (χ2n) is 9.14. The predicted molar refractivity (Wildman–Crippen MR) is 130 cm³/mol. The molecule has 0 bridgehead atoms. The van der Waals surface area contributed by atoms with E-state index >= 15 is 0 Å². The van der Waals surface area contributed by atoms with Crippen molar-refractivity contribution in [2.24, 2.45) is 5.92 Å². The lowest BCUT2D eigenvalue weighted by Crippen LogP contribution is -2.24. The summed E-state index contributed by atoms with van der Waals surface area (Å²) in [5.74, 6) is -1.35. The first kappa shape index (κ1) is 27.1. The molecular formula is C26H26F4N4O4. The van der Waals surface area contributed by atoms with Crippen molar-refractivity contribution in [2.75, 3.05) is 18.5 Å². The molecule has 0 spiro atoms. The summed E-state index contributed by atoms with van der Waals surface area (Å²) in [6, 6.07) is 12.2. The van der Waals surface area contributed by atoms with E-state index in [0.717, 1.165) is 0 Å². The van der Waals surface area contributed by atoms with Gasteiger partial charge in [-0.25, -0.2) is 9.07 Å². The lowest BCUT2D eigenvalue weighted by molar-refractivity contribution is -0.176. The molecule has 3 aromatic rings. The second-order valence-corrected chi connectivity index (χ2v) is 9.14. The molecule has 2 aromatic carbocycles. The first-order valence-corrected chi connectivity index (χ1v) is 11.9. The quantitative estimate of drug-likeness (QED) is 0.391. The Morgan fingerprint density at radius 3 is 2.68 bits per heavy atom. The third-order valence-electron chi connectivity index (χ3n) is 5.54. The molecule has 1 saturated heterocycles. The van der Waals surface area contributed by atoms with Gasteiger partial charge in [0.2, 0.25) is 11.8 Å². The van der Waals surface area contributed by atoms with Crippen LogP contribution in [0.1, 0.15) is 25.8 Å². The number of carbonyl (C=O) groups excluding carboxylic acids is 2. The number of rotatable bonds is 9. The van der Waals surface area contributed by atoms with Gasteiger partial charge in [0.1, 0.15) is 18.2 Å². The van der Waals surface area contributed by atoms with Gasteiger partial charge < -0.3 is 20.1 Å². The number of benzene rings is 2. The molecule has 1 aliphatic rings. The topological polar surface area (TPSA) is 94.5 Å². The van der Waals surface area contributed by atoms with Gasteiger partial charge in [-0.3, -0.25) is 9.59 Å². The summed E-state index contributed by atoms with van der Waals surface area (Å²) in [5.41, 5.74) is 1.75. The fourth-order valence-corrected chi connectivity index (χ4v) is 3.98. The highest BCUT2D eigenvalue weighted by Crippen LogP contribution is 2.30. The minimum atomic E-state index is -4.45. The molecule has 8 nitrogen and oxygen atoms in total. The van der Waals surface area contributed by atoms with Gasteiger partial charge in [-0.1, -0.05) is 18.2 Å². The summed E-state index contributed by atoms with van der Waals surface area (Å²) >= 11 is 0. The number of aromatic nitrogens is 2. The smallest absolute Gasteiger partial charge is 0.411 e. The molecule has 1 fully saturated rings. The Labute approximate surface area is 215 Å². The minimum Gasteiger partial charge on any atom is -0.491 e. The minimum absolute atomic E-state index is 0.0547. The molecule has 1 aromatic heterocycles. The number of carbonyl (C=O) groups is 2. The number of anilines is 1. The third-order valence-corrected chi connectivity index (χ3v) is 5.54. The van der Waals surface area contributed by atoms with Crippen LogP contribution in [0.2, 0.25) is 0 Å². The van der Waals surface area contributed by atoms with E-state index in [9.17, 15) is 27.2 Å². The number of alkyl halides is 3. The Kier molecular flexibility index (Phi) is 8.00. The zero-order valence-corrected chi connectivity index (χ0v) is 20.6. The molecule has 2 amide bonds. The van der Waals surface area contributed by atoms with Gasteiger partial charge in [-0.2, -0.15) is 13.2 Å². The Morgan fingerprint density at radius 1 is 1.21 bits per heavy atom. The van der Waals surface area contributed by atoms with Crippen molar-refractivity contribution >= 4 is 17.6 Å². The average molecular weight is 535 g/mol. The van der Waals surface area contributed by atoms with Gasteiger partial charge in [0, 0.05) is 36.7 Å². The molecule has 0 saturated carbocycles. The highest BCUT2D eigenvalue weighted by atomic mass is 19.4. The Balaban J connectivity index is 1.69. The fraction of sp³-hybridized carbons (Fsp3) is 0.346. The Hall–Kier alpha value is -3.93. The summed E-state index contributed by atoms with van der Waals surface area (Å²) in [4.78, 5) is 24.2. The van der Waals surface area contributed by atoms with E-state index in [1.807, 2.05) is 0 Å². The zero-order chi connectivity index (χ0) is 27.4. The predicted octanol–water partition coefficient (Wildman–Crippen LogP) is 4.62. The number of ether oxygens (including phenoxy) is 2. The van der Waals surface area contributed by atoms with Crippen molar-refractivity contribution in [1.82, 2.24) is 15.1 Å². The van der Waals surface area contributed by atoms with Gasteiger partial charge in [0.05, 0.1) is 30.0 Å². The van der Waals surface area contributed by atoms with Crippen molar-refractivity contribution in [3.63, 3.8) is 0 Å². The van der Waals surface area contributed by atoms with E-state index in [2.05, 4.69) is 15.7 Å². The molecule has 0 aliphatic carbocycles. The summed E-state index contributed by atoms with van der Waals surface area (Å²) in [5, 5.41) is 9.75. The van der Waals surface area contributed by atoms with E-state index in [0.29, 0.717) is 22.5 Å². The number of amides is 2. The van der Waals surface area contributed by atoms with Crippen LogP contribution < -0.4 is 15.4 Å². The monoisotopic (exact) mass is 534 g/mol. The van der Waals surface area contributed by atoms with Crippen molar-refractivity contribution in [3.05, 3.63) is 59.9 Å². The summed E-state index contributed by atoms with van der Waals surface area (Å²) in [6.07, 6.45) is -4.61. The molecule has 0 radical (unpaired) electrons. The van der Waals surface area contributed by atoms with E-state index < -0.39 is 30.4 Å². The van der Waals surface area contributed by atoms with Crippen molar-refractivity contribution in [1.29, 1.82) is 0 Å². The van der Waals surface area contributed by atoms with Crippen molar-refractivity contribution < 1.29 is 36.6 Å². The molecule has 12 heteroatoms. The molecule has 2 N–H and O–H groups in total. The van der Waals surface area contributed by atoms with E-state index in [1.54, 1.807) is 50.2 Å². The Bertz CT molecular complexity index is 1320. The van der Waals surface area contributed by atoms with Crippen LogP contribution in [0.15, 0.2) is 48.5 Å². The van der Waals surface area contributed by atoms with Crippen LogP contribution in [0.3, 0.4) is 0 Å². The SMILES string of the molecule is CC(C)Oc1cc(F)cc(-n2nc(NC(=O)[C@@H]3CNC(=O)C3)cc2-c2cccc(COCC(F)(F)F)c2)c1. The maximum absolute atomic E-state index is 14.5. The highest BCUT2D eigenvalue weighted by Gasteiger charge is 2.29. The van der Waals surface area contributed by atoms with Crippen LogP contribution in [0.25, 0.3) is 16.9 Å². The Morgan fingerprint density at radius 2 is 2.00 bits per heavy atom. The van der Waals surface area contributed by atoms with Crippen molar-refractivity contribution in [3.8, 4) is 22.7 Å². The van der Waals surface area contributed by atoms with E-state index in [4.69, 9.17) is 9.47 Å². The number of hydrogen-bond donors (Lipinski definition) is 2. The first-order chi connectivity index (χ1) is 18.0. The lowest BCUT2D eigenvalue weighted by Gasteiger charge is -2.13. The molecular weight excluding hydrogens is 508 g/mol. The molecule has 202 valence electrons. The molecule has 2 heterocycles. The van der Waals surface area contributed by atoms with Crippen LogP contribution in [0, 0.1) is 11.7 Å². The number of hydrogen-bond acceptors (Lipinski definition) is 5. The first-order valence-electron chi connectivity index (χ1n) is 11.9. The normalized spacial score (nSPS) is 15.6. The number of nitrogens with one attached hydrogen (secondary N) is 2. The van der Waals surface area contributed by atoms with Crippen LogP contribution in [-0.4, -0.2) is 47.0 Å². The summed E-state index contributed by atoms with van der Waals surface area (Å²) in [6.45, 7) is 2.14. The summed E-state index contributed by atoms with van der Waals surface area (Å²) < 4.78 is 63.8. The molecule has 4 rings (SSSR count). The fourth-order valence-electron chi connectivity index (χ4n) is 3.98. The zero-order valence-electron chi connectivity index (χ0n) is 20.6. The van der Waals surface area contributed by atoms with E-state index in [-0.39, 0.29) is 43.2 Å². The van der Waals surface area contributed by atoms with Crippen LogP contribution in [-0.2, 0) is 20.9 Å². The third kappa shape index (κ3) is 7.09. The van der Waals surface area contributed by atoms with Gasteiger partial charge in [0.15, 0.2) is 5.82 Å². The molecule has 38 heavy (non-hydrogen) atoms. The lowest BCUT2D eigenvalue weighted by atomic mass is 10.1. The maximum Gasteiger partial charge on any atom is 0.411 e. The second kappa shape index (κ2) is 11.2. The maximum atomic E-state index is 14.5. The van der Waals surface area contributed by atoms with E-state index in [1.165, 1.54) is 16.8 Å². The van der Waals surface area contributed by atoms with Gasteiger partial charge in [-0.15, -0.1) is 5.10 Å². The van der Waals surface area contributed by atoms with Crippen LogP contribution in [0.4, 0.5) is 23.4 Å². The van der Waals surface area contributed by atoms with Gasteiger partial charge >= 0.3 is 6.18 Å².